The SMILES string of the molecule is CC.O=C1N2C=CC=CC2NN1C(O)(O)C(O)(O)C(O)(O)N1CCN(c2cccc(Cl)c2)CC1. The molecule has 3 heterocycles. The minimum atomic E-state index is -4.00. The fraction of sp³-hybridized carbons (Fsp3) is 0.476. The number of fused-ring (bicyclic) bond motifs is 1. The number of nitrogens with one attached hydrogen (secondary N) is 1. The van der Waals surface area contributed by atoms with Crippen molar-refractivity contribution in [1.29, 1.82) is 0 Å². The van der Waals surface area contributed by atoms with E-state index in [4.69, 9.17) is 11.6 Å². The summed E-state index contributed by atoms with van der Waals surface area (Å²) < 4.78 is 0. The third-order valence-corrected chi connectivity index (χ3v) is 6.00. The third kappa shape index (κ3) is 4.40. The van der Waals surface area contributed by atoms with Crippen LogP contribution in [-0.2, 0) is 0 Å². The molecule has 0 aromatic heterocycles. The van der Waals surface area contributed by atoms with Crippen LogP contribution in [-0.4, -0.2) is 101 Å². The van der Waals surface area contributed by atoms with Crippen molar-refractivity contribution in [3.63, 3.8) is 0 Å². The molecule has 0 aliphatic carbocycles. The molecule has 34 heavy (non-hydrogen) atoms. The second kappa shape index (κ2) is 9.77. The van der Waals surface area contributed by atoms with Crippen LogP contribution >= 0.6 is 11.6 Å². The number of hydrogen-bond acceptors (Lipinski definition) is 10. The largest absolute Gasteiger partial charge is 0.369 e. The van der Waals surface area contributed by atoms with Gasteiger partial charge in [-0.25, -0.2) is 9.69 Å². The first-order valence-electron chi connectivity index (χ1n) is 10.8. The molecule has 2 fully saturated rings. The van der Waals surface area contributed by atoms with Gasteiger partial charge >= 0.3 is 17.7 Å². The van der Waals surface area contributed by atoms with Crippen molar-refractivity contribution in [1.82, 2.24) is 20.2 Å². The van der Waals surface area contributed by atoms with E-state index >= 15 is 0 Å². The molecule has 1 aromatic carbocycles. The third-order valence-electron chi connectivity index (χ3n) is 5.77. The Morgan fingerprint density at radius 3 is 2.21 bits per heavy atom. The number of halogens is 1. The molecule has 0 bridgehead atoms. The molecular weight excluding hydrogens is 470 g/mol. The summed E-state index contributed by atoms with van der Waals surface area (Å²) in [5.74, 6) is -11.4. The molecule has 3 aliphatic rings. The van der Waals surface area contributed by atoms with Crippen molar-refractivity contribution in [3.05, 3.63) is 53.7 Å². The summed E-state index contributed by atoms with van der Waals surface area (Å²) in [6, 6.07) is 5.99. The number of amides is 2. The number of hydrazine groups is 1. The highest BCUT2D eigenvalue weighted by atomic mass is 35.5. The van der Waals surface area contributed by atoms with Crippen LogP contribution in [0.4, 0.5) is 10.5 Å². The first-order valence-corrected chi connectivity index (χ1v) is 11.2. The Balaban J connectivity index is 0.00000158. The van der Waals surface area contributed by atoms with Crippen molar-refractivity contribution in [2.45, 2.75) is 37.6 Å². The van der Waals surface area contributed by atoms with Crippen LogP contribution in [0.5, 0.6) is 0 Å². The second-order valence-electron chi connectivity index (χ2n) is 7.72. The van der Waals surface area contributed by atoms with Gasteiger partial charge in [-0.2, -0.15) is 10.4 Å². The van der Waals surface area contributed by atoms with Crippen molar-refractivity contribution in [2.75, 3.05) is 31.1 Å². The summed E-state index contributed by atoms with van der Waals surface area (Å²) in [5, 5.41) is 64.1. The van der Waals surface area contributed by atoms with Crippen LogP contribution in [0.3, 0.4) is 0 Å². The smallest absolute Gasteiger partial charge is 0.344 e. The molecule has 4 rings (SSSR count). The Labute approximate surface area is 201 Å². The Kier molecular flexibility index (Phi) is 7.57. The predicted octanol–water partition coefficient (Wildman–Crippen LogP) is -0.902. The van der Waals surface area contributed by atoms with Gasteiger partial charge in [-0.05, 0) is 30.4 Å². The summed E-state index contributed by atoms with van der Waals surface area (Å²) >= 11 is 6.01. The number of allylic oxidation sites excluding steroid dienone is 2. The van der Waals surface area contributed by atoms with Gasteiger partial charge in [-0.15, -0.1) is 0 Å². The molecule has 2 amide bonds. The molecule has 2 saturated heterocycles. The number of nitrogens with zero attached hydrogens (tertiary/aromatic N) is 4. The van der Waals surface area contributed by atoms with Crippen LogP contribution in [0.1, 0.15) is 13.8 Å². The lowest BCUT2D eigenvalue weighted by Gasteiger charge is -2.50. The summed E-state index contributed by atoms with van der Waals surface area (Å²) in [5.41, 5.74) is 3.18. The zero-order valence-electron chi connectivity index (χ0n) is 18.8. The van der Waals surface area contributed by atoms with Crippen molar-refractivity contribution < 1.29 is 35.4 Å². The van der Waals surface area contributed by atoms with Crippen LogP contribution in [0.25, 0.3) is 0 Å². The quantitative estimate of drug-likeness (QED) is 0.252. The van der Waals surface area contributed by atoms with E-state index in [9.17, 15) is 35.4 Å². The number of aliphatic hydroxyl groups is 6. The minimum absolute atomic E-state index is 0.0833. The zero-order chi connectivity index (χ0) is 25.3. The first-order chi connectivity index (χ1) is 16.0. The van der Waals surface area contributed by atoms with Gasteiger partial charge < -0.3 is 35.5 Å². The average Bonchev–Trinajstić information content (AvgIpc) is 3.17. The summed E-state index contributed by atoms with van der Waals surface area (Å²) in [6.07, 6.45) is 5.13. The van der Waals surface area contributed by atoms with Gasteiger partial charge in [0.15, 0.2) is 0 Å². The molecule has 12 nitrogen and oxygen atoms in total. The van der Waals surface area contributed by atoms with E-state index in [-0.39, 0.29) is 31.2 Å². The van der Waals surface area contributed by atoms with E-state index in [0.29, 0.717) is 5.02 Å². The molecule has 3 aliphatic heterocycles. The predicted molar refractivity (Wildman–Crippen MR) is 122 cm³/mol. The molecule has 1 atom stereocenters. The number of rotatable bonds is 5. The maximum absolute atomic E-state index is 12.5. The second-order valence-corrected chi connectivity index (χ2v) is 8.16. The number of benzene rings is 1. The maximum atomic E-state index is 12.5. The van der Waals surface area contributed by atoms with E-state index in [0.717, 1.165) is 15.5 Å². The molecule has 7 N–H and O–H groups in total. The van der Waals surface area contributed by atoms with Crippen LogP contribution < -0.4 is 10.3 Å². The molecule has 1 aromatic rings. The van der Waals surface area contributed by atoms with Gasteiger partial charge in [-0.1, -0.05) is 37.6 Å². The van der Waals surface area contributed by atoms with Crippen LogP contribution in [0.15, 0.2) is 48.7 Å². The van der Waals surface area contributed by atoms with E-state index in [1.807, 2.05) is 24.8 Å². The van der Waals surface area contributed by atoms with E-state index < -0.39 is 29.8 Å². The highest BCUT2D eigenvalue weighted by Gasteiger charge is 2.69. The first kappa shape index (κ1) is 26.3. The standard InChI is InChI=1S/C19H24ClN5O7.C2H6/c20-13-4-3-5-14(12-13)22-8-10-23(11-9-22)18(29,30)17(27,28)19(31,32)25-16(26)24-7-2-1-6-15(24)21-25;1-2/h1-7,12,15,21,27-32H,8-11H2;1-2H3. The van der Waals surface area contributed by atoms with Crippen LogP contribution in [0, 0.1) is 0 Å². The lowest BCUT2D eigenvalue weighted by molar-refractivity contribution is -0.509. The lowest BCUT2D eigenvalue weighted by Crippen LogP contribution is -2.80. The number of urea groups is 1. The number of carbonyl (C=O) groups is 1. The zero-order valence-corrected chi connectivity index (χ0v) is 19.5. The molecule has 0 radical (unpaired) electrons. The average molecular weight is 500 g/mol. The maximum Gasteiger partial charge on any atom is 0.344 e. The Hall–Kier alpha value is -2.26. The van der Waals surface area contributed by atoms with Gasteiger partial charge in [0.05, 0.1) is 0 Å². The van der Waals surface area contributed by atoms with E-state index in [1.54, 1.807) is 24.3 Å². The van der Waals surface area contributed by atoms with Crippen LogP contribution in [0.2, 0.25) is 5.02 Å². The van der Waals surface area contributed by atoms with Gasteiger partial charge in [0.25, 0.3) is 5.91 Å². The van der Waals surface area contributed by atoms with Gasteiger partial charge in [-0.3, -0.25) is 4.90 Å². The number of carbonyl (C=O) groups excluding carboxylic acids is 1. The lowest BCUT2D eigenvalue weighted by atomic mass is 10.1. The number of hydrogen-bond donors (Lipinski definition) is 7. The Morgan fingerprint density at radius 1 is 0.971 bits per heavy atom. The molecule has 13 heteroatoms. The summed E-state index contributed by atoms with van der Waals surface area (Å²) in [6.45, 7) is 4.32. The Morgan fingerprint density at radius 2 is 1.62 bits per heavy atom. The highest BCUT2D eigenvalue weighted by molar-refractivity contribution is 6.30. The van der Waals surface area contributed by atoms with Crippen molar-refractivity contribution in [2.24, 2.45) is 0 Å². The fourth-order valence-electron chi connectivity index (χ4n) is 3.86. The number of piperazine rings is 1. The molecular formula is C21H30ClN5O7. The van der Waals surface area contributed by atoms with Crippen molar-refractivity contribution >= 4 is 23.3 Å². The summed E-state index contributed by atoms with van der Waals surface area (Å²) in [7, 11) is 0. The molecule has 188 valence electrons. The summed E-state index contributed by atoms with van der Waals surface area (Å²) in [4.78, 5) is 16.3. The Bertz CT molecular complexity index is 947. The molecule has 1 unspecified atom stereocenters. The molecule has 0 saturated carbocycles. The van der Waals surface area contributed by atoms with E-state index in [1.165, 1.54) is 18.4 Å². The minimum Gasteiger partial charge on any atom is -0.369 e. The topological polar surface area (TPSA) is 163 Å². The van der Waals surface area contributed by atoms with E-state index in [2.05, 4.69) is 5.43 Å². The van der Waals surface area contributed by atoms with Gasteiger partial charge in [0, 0.05) is 43.1 Å². The highest BCUT2D eigenvalue weighted by Crippen LogP contribution is 2.36. The fourth-order valence-corrected chi connectivity index (χ4v) is 4.05. The number of anilines is 1. The van der Waals surface area contributed by atoms with Gasteiger partial charge in [0.2, 0.25) is 0 Å². The monoisotopic (exact) mass is 499 g/mol. The van der Waals surface area contributed by atoms with Crippen molar-refractivity contribution in [3.8, 4) is 0 Å². The molecule has 0 spiro atoms. The normalized spacial score (nSPS) is 21.5. The van der Waals surface area contributed by atoms with Gasteiger partial charge in [0.1, 0.15) is 6.17 Å².